The molecule has 2 N–H and O–H groups in total. The number of thiocarbonyl (C=S) groups is 1. The highest BCUT2D eigenvalue weighted by Crippen LogP contribution is 2.26. The highest BCUT2D eigenvalue weighted by atomic mass is 35.5. The lowest BCUT2D eigenvalue weighted by Gasteiger charge is -2.37. The van der Waals surface area contributed by atoms with Crippen LogP contribution in [0.25, 0.3) is 11.3 Å². The maximum absolute atomic E-state index is 6.02. The highest BCUT2D eigenvalue weighted by Gasteiger charge is 2.22. The summed E-state index contributed by atoms with van der Waals surface area (Å²) in [6.45, 7) is 6.13. The Hall–Kier alpha value is -3.82. The van der Waals surface area contributed by atoms with Crippen LogP contribution in [0.15, 0.2) is 77.2 Å². The van der Waals surface area contributed by atoms with Gasteiger partial charge >= 0.3 is 0 Å². The van der Waals surface area contributed by atoms with Crippen molar-refractivity contribution in [2.24, 2.45) is 0 Å². The maximum atomic E-state index is 6.02. The molecule has 2 aliphatic heterocycles. The smallest absolute Gasteiger partial charge is 0.232 e. The fourth-order valence-electron chi connectivity index (χ4n) is 5.49. The zero-order valence-electron chi connectivity index (χ0n) is 23.6. The molecule has 0 bridgehead atoms. The van der Waals surface area contributed by atoms with E-state index in [2.05, 4.69) is 61.7 Å². The second-order valence-electron chi connectivity index (χ2n) is 10.7. The Balaban J connectivity index is 1.13. The summed E-state index contributed by atoms with van der Waals surface area (Å²) in [5, 5.41) is 7.64. The van der Waals surface area contributed by atoms with E-state index in [1.165, 1.54) is 31.4 Å². The van der Waals surface area contributed by atoms with Gasteiger partial charge in [-0.3, -0.25) is 0 Å². The summed E-state index contributed by atoms with van der Waals surface area (Å²) in [4.78, 5) is 17.0. The van der Waals surface area contributed by atoms with E-state index in [-0.39, 0.29) is 0 Å². The van der Waals surface area contributed by atoms with Gasteiger partial charge in [-0.1, -0.05) is 42.6 Å². The SMILES string of the molecule is S=C(NCc1ccc(-c2ccc(Cl)cc2)o1)Nc1nc(N2CCCCCC2)cc(N2CCN(c3ccccc3)CC2)n1. The zero-order chi connectivity index (χ0) is 28.7. The minimum atomic E-state index is 0.444. The van der Waals surface area contributed by atoms with Crippen molar-refractivity contribution >= 4 is 52.2 Å². The van der Waals surface area contributed by atoms with Gasteiger partial charge in [-0.15, -0.1) is 0 Å². The second-order valence-corrected chi connectivity index (χ2v) is 11.5. The third-order valence-corrected chi connectivity index (χ3v) is 8.29. The van der Waals surface area contributed by atoms with Crippen molar-refractivity contribution in [2.75, 3.05) is 59.3 Å². The topological polar surface area (TPSA) is 72.7 Å². The van der Waals surface area contributed by atoms with Crippen LogP contribution in [-0.4, -0.2) is 54.3 Å². The third kappa shape index (κ3) is 7.14. The number of piperazine rings is 1. The minimum absolute atomic E-state index is 0.444. The van der Waals surface area contributed by atoms with Crippen LogP contribution in [0.1, 0.15) is 31.4 Å². The van der Waals surface area contributed by atoms with Gasteiger partial charge in [0.1, 0.15) is 23.2 Å². The van der Waals surface area contributed by atoms with Crippen molar-refractivity contribution in [1.29, 1.82) is 0 Å². The van der Waals surface area contributed by atoms with Crippen molar-refractivity contribution in [3.05, 3.63) is 83.6 Å². The minimum Gasteiger partial charge on any atom is -0.459 e. The van der Waals surface area contributed by atoms with Crippen LogP contribution in [0.2, 0.25) is 5.02 Å². The molecule has 2 aliphatic rings. The van der Waals surface area contributed by atoms with Gasteiger partial charge in [0.25, 0.3) is 0 Å². The molecule has 6 rings (SSSR count). The van der Waals surface area contributed by atoms with Gasteiger partial charge in [0.05, 0.1) is 6.54 Å². The number of halogens is 1. The number of nitrogens with zero attached hydrogens (tertiary/aromatic N) is 5. The summed E-state index contributed by atoms with van der Waals surface area (Å²) >= 11 is 11.7. The Bertz CT molecular complexity index is 1460. The predicted molar refractivity (Wildman–Crippen MR) is 176 cm³/mol. The molecule has 2 fully saturated rings. The first-order chi connectivity index (χ1) is 20.6. The lowest BCUT2D eigenvalue weighted by atomic mass is 10.2. The number of nitrogens with one attached hydrogen (secondary N) is 2. The van der Waals surface area contributed by atoms with Crippen molar-refractivity contribution in [1.82, 2.24) is 15.3 Å². The standard InChI is InChI=1S/C32H36ClN7OS/c33-25-12-10-24(11-13-25)28-15-14-27(41-28)23-34-32(42)37-31-35-29(39-16-6-1-2-7-17-39)22-30(36-31)40-20-18-38(19-21-40)26-8-4-3-5-9-26/h3-5,8-15,22H,1-2,6-7,16-21,23H2,(H2,34,35,36,37,42). The molecule has 42 heavy (non-hydrogen) atoms. The molecule has 0 spiro atoms. The monoisotopic (exact) mass is 601 g/mol. The Morgan fingerprint density at radius 3 is 2.10 bits per heavy atom. The first-order valence-corrected chi connectivity index (χ1v) is 15.5. The molecule has 10 heteroatoms. The summed E-state index contributed by atoms with van der Waals surface area (Å²) in [5.41, 5.74) is 2.24. The second kappa shape index (κ2) is 13.4. The molecule has 0 radical (unpaired) electrons. The quantitative estimate of drug-likeness (QED) is 0.228. The molecule has 2 aromatic heterocycles. The van der Waals surface area contributed by atoms with Crippen LogP contribution >= 0.6 is 23.8 Å². The molecule has 4 aromatic rings. The van der Waals surface area contributed by atoms with E-state index >= 15 is 0 Å². The Labute approximate surface area is 257 Å². The van der Waals surface area contributed by atoms with Crippen molar-refractivity contribution in [3.63, 3.8) is 0 Å². The molecular weight excluding hydrogens is 566 g/mol. The molecule has 0 saturated carbocycles. The number of anilines is 4. The van der Waals surface area contributed by atoms with Crippen LogP contribution in [-0.2, 0) is 6.54 Å². The average Bonchev–Trinajstić information content (AvgIpc) is 3.33. The molecule has 0 unspecified atom stereocenters. The van der Waals surface area contributed by atoms with Crippen LogP contribution in [0.3, 0.4) is 0 Å². The molecule has 2 aromatic carbocycles. The van der Waals surface area contributed by atoms with E-state index in [9.17, 15) is 0 Å². The van der Waals surface area contributed by atoms with Crippen LogP contribution < -0.4 is 25.3 Å². The van der Waals surface area contributed by atoms with Gasteiger partial charge in [-0.2, -0.15) is 9.97 Å². The lowest BCUT2D eigenvalue weighted by molar-refractivity contribution is 0.516. The van der Waals surface area contributed by atoms with Gasteiger partial charge in [-0.05, 0) is 73.6 Å². The molecule has 0 aliphatic carbocycles. The first-order valence-electron chi connectivity index (χ1n) is 14.7. The van der Waals surface area contributed by atoms with E-state index in [0.29, 0.717) is 22.6 Å². The van der Waals surface area contributed by atoms with Crippen LogP contribution in [0.5, 0.6) is 0 Å². The fraction of sp³-hybridized carbons (Fsp3) is 0.344. The Morgan fingerprint density at radius 2 is 1.40 bits per heavy atom. The Morgan fingerprint density at radius 1 is 0.762 bits per heavy atom. The molecule has 4 heterocycles. The summed E-state index contributed by atoms with van der Waals surface area (Å²) < 4.78 is 6.02. The number of furan rings is 1. The van der Waals surface area contributed by atoms with Gasteiger partial charge in [-0.25, -0.2) is 0 Å². The number of rotatable bonds is 7. The number of aromatic nitrogens is 2. The van der Waals surface area contributed by atoms with Gasteiger partial charge in [0, 0.05) is 61.6 Å². The summed E-state index contributed by atoms with van der Waals surface area (Å²) in [5.74, 6) is 3.96. The highest BCUT2D eigenvalue weighted by molar-refractivity contribution is 7.80. The van der Waals surface area contributed by atoms with Gasteiger partial charge in [0.15, 0.2) is 5.11 Å². The largest absolute Gasteiger partial charge is 0.459 e. The number of para-hydroxylation sites is 1. The van der Waals surface area contributed by atoms with Gasteiger partial charge < -0.3 is 29.8 Å². The fourth-order valence-corrected chi connectivity index (χ4v) is 5.78. The van der Waals surface area contributed by atoms with Crippen molar-refractivity contribution in [3.8, 4) is 11.3 Å². The van der Waals surface area contributed by atoms with E-state index in [4.69, 9.17) is 38.2 Å². The molecule has 8 nitrogen and oxygen atoms in total. The average molecular weight is 602 g/mol. The first kappa shape index (κ1) is 28.3. The van der Waals surface area contributed by atoms with Gasteiger partial charge in [0.2, 0.25) is 5.95 Å². The number of hydrogen-bond donors (Lipinski definition) is 2. The van der Waals surface area contributed by atoms with E-state index < -0.39 is 0 Å². The predicted octanol–water partition coefficient (Wildman–Crippen LogP) is 6.58. The molecule has 0 atom stereocenters. The summed E-state index contributed by atoms with van der Waals surface area (Å²) in [7, 11) is 0. The lowest BCUT2D eigenvalue weighted by Crippen LogP contribution is -2.47. The van der Waals surface area contributed by atoms with Crippen LogP contribution in [0.4, 0.5) is 23.3 Å². The third-order valence-electron chi connectivity index (χ3n) is 7.79. The van der Waals surface area contributed by atoms with Crippen molar-refractivity contribution < 1.29 is 4.42 Å². The molecular formula is C32H36ClN7OS. The summed E-state index contributed by atoms with van der Waals surface area (Å²) in [6.07, 6.45) is 4.89. The zero-order valence-corrected chi connectivity index (χ0v) is 25.2. The Kier molecular flexibility index (Phi) is 9.06. The number of benzene rings is 2. The molecule has 2 saturated heterocycles. The van der Waals surface area contributed by atoms with E-state index in [1.807, 2.05) is 36.4 Å². The van der Waals surface area contributed by atoms with Crippen molar-refractivity contribution in [2.45, 2.75) is 32.2 Å². The van der Waals surface area contributed by atoms with E-state index in [0.717, 1.165) is 68.0 Å². The van der Waals surface area contributed by atoms with Crippen LogP contribution in [0, 0.1) is 0 Å². The normalized spacial score (nSPS) is 15.8. The van der Waals surface area contributed by atoms with E-state index in [1.54, 1.807) is 0 Å². The molecule has 0 amide bonds. The molecule has 218 valence electrons. The summed E-state index contributed by atoms with van der Waals surface area (Å²) in [6, 6.07) is 24.2. The number of hydrogen-bond acceptors (Lipinski definition) is 7. The maximum Gasteiger partial charge on any atom is 0.232 e.